The predicted molar refractivity (Wildman–Crippen MR) is 133 cm³/mol. The average Bonchev–Trinajstić information content (AvgIpc) is 2.86. The van der Waals surface area contributed by atoms with Gasteiger partial charge in [-0.15, -0.1) is 0 Å². The summed E-state index contributed by atoms with van der Waals surface area (Å²) in [7, 11) is 1.61. The van der Waals surface area contributed by atoms with Crippen molar-refractivity contribution < 1.29 is 19.1 Å². The number of nitrogens with zero attached hydrogens (tertiary/aromatic N) is 2. The quantitative estimate of drug-likeness (QED) is 0.364. The van der Waals surface area contributed by atoms with Crippen LogP contribution in [0.3, 0.4) is 0 Å². The number of rotatable bonds is 8. The smallest absolute Gasteiger partial charge is 0.306 e. The van der Waals surface area contributed by atoms with E-state index in [9.17, 15) is 14.4 Å². The maximum Gasteiger partial charge on any atom is 0.306 e. The minimum atomic E-state index is -0.564. The van der Waals surface area contributed by atoms with Crippen molar-refractivity contribution in [1.82, 2.24) is 9.55 Å². The lowest BCUT2D eigenvalue weighted by Crippen LogP contribution is -2.24. The van der Waals surface area contributed by atoms with E-state index in [1.54, 1.807) is 67.7 Å². The van der Waals surface area contributed by atoms with E-state index in [0.29, 0.717) is 38.9 Å². The molecule has 0 radical (unpaired) electrons. The molecule has 35 heavy (non-hydrogen) atoms. The Hall–Kier alpha value is -4.17. The zero-order chi connectivity index (χ0) is 24.8. The van der Waals surface area contributed by atoms with Crippen LogP contribution in [-0.4, -0.2) is 28.0 Å². The Morgan fingerprint density at radius 3 is 2.49 bits per heavy atom. The number of anilines is 1. The highest BCUT2D eigenvalue weighted by atomic mass is 35.5. The van der Waals surface area contributed by atoms with Gasteiger partial charge in [0.2, 0.25) is 0 Å². The molecule has 1 heterocycles. The third-order valence-electron chi connectivity index (χ3n) is 5.20. The van der Waals surface area contributed by atoms with Crippen molar-refractivity contribution in [1.29, 1.82) is 0 Å². The third-order valence-corrected chi connectivity index (χ3v) is 5.51. The number of hydrogen-bond acceptors (Lipinski definition) is 6. The third kappa shape index (κ3) is 6.04. The van der Waals surface area contributed by atoms with Gasteiger partial charge in [0, 0.05) is 19.2 Å². The van der Waals surface area contributed by atoms with Crippen LogP contribution in [-0.2, 0) is 27.8 Å². The van der Waals surface area contributed by atoms with Crippen LogP contribution in [0.5, 0.6) is 11.5 Å². The number of carbonyl (C=O) groups excluding carboxylic acids is 2. The number of halogens is 1. The van der Waals surface area contributed by atoms with Crippen LogP contribution < -0.4 is 15.6 Å². The number of esters is 1. The lowest BCUT2D eigenvalue weighted by atomic mass is 10.2. The second kappa shape index (κ2) is 10.8. The second-order valence-electron chi connectivity index (χ2n) is 7.68. The molecule has 0 aliphatic heterocycles. The Labute approximate surface area is 206 Å². The number of ether oxygens (including phenoxy) is 2. The Morgan fingerprint density at radius 2 is 1.71 bits per heavy atom. The molecule has 1 amide bonds. The minimum absolute atomic E-state index is 0.0139. The summed E-state index contributed by atoms with van der Waals surface area (Å²) in [5, 5.41) is 3.66. The summed E-state index contributed by atoms with van der Waals surface area (Å²) < 4.78 is 12.2. The first kappa shape index (κ1) is 24.0. The van der Waals surface area contributed by atoms with Crippen LogP contribution >= 0.6 is 11.6 Å². The maximum atomic E-state index is 12.4. The van der Waals surface area contributed by atoms with Crippen molar-refractivity contribution in [2.75, 3.05) is 11.9 Å². The standard InChI is InChI=1S/C26H22ClN3O5/c1-30-23(29-21-8-4-2-6-19(21)26(30)33)14-15-25(32)34-16-24(31)28-17-10-12-18(13-11-17)35-22-9-5-3-7-20(22)27/h2-13H,14-16H2,1H3,(H,28,31). The molecule has 0 aliphatic rings. The first-order valence-corrected chi connectivity index (χ1v) is 11.2. The zero-order valence-electron chi connectivity index (χ0n) is 18.9. The molecule has 4 rings (SSSR count). The van der Waals surface area contributed by atoms with Gasteiger partial charge in [-0.05, 0) is 48.5 Å². The van der Waals surface area contributed by atoms with Gasteiger partial charge in [-0.3, -0.25) is 19.0 Å². The summed E-state index contributed by atoms with van der Waals surface area (Å²) in [6.45, 7) is -0.430. The van der Waals surface area contributed by atoms with Crippen molar-refractivity contribution in [3.63, 3.8) is 0 Å². The Balaban J connectivity index is 1.25. The van der Waals surface area contributed by atoms with Crippen LogP contribution in [0, 0.1) is 0 Å². The van der Waals surface area contributed by atoms with Crippen LogP contribution in [0.4, 0.5) is 5.69 Å². The van der Waals surface area contributed by atoms with E-state index < -0.39 is 18.5 Å². The molecule has 0 atom stereocenters. The lowest BCUT2D eigenvalue weighted by molar-refractivity contribution is -0.147. The van der Waals surface area contributed by atoms with Gasteiger partial charge in [0.1, 0.15) is 17.3 Å². The number of aryl methyl sites for hydroxylation is 1. The zero-order valence-corrected chi connectivity index (χ0v) is 19.6. The summed E-state index contributed by atoms with van der Waals surface area (Å²) in [6, 6.07) is 20.8. The van der Waals surface area contributed by atoms with Gasteiger partial charge in [-0.1, -0.05) is 35.9 Å². The predicted octanol–water partition coefficient (Wildman–Crippen LogP) is 4.49. The fourth-order valence-electron chi connectivity index (χ4n) is 3.38. The van der Waals surface area contributed by atoms with Crippen molar-refractivity contribution >= 4 is 40.1 Å². The number of nitrogens with one attached hydrogen (secondary N) is 1. The van der Waals surface area contributed by atoms with E-state index >= 15 is 0 Å². The van der Waals surface area contributed by atoms with Gasteiger partial charge >= 0.3 is 5.97 Å². The SMILES string of the molecule is Cn1c(CCC(=O)OCC(=O)Nc2ccc(Oc3ccccc3Cl)cc2)nc2ccccc2c1=O. The molecule has 0 fully saturated rings. The van der Waals surface area contributed by atoms with E-state index in [4.69, 9.17) is 21.1 Å². The molecule has 0 saturated carbocycles. The van der Waals surface area contributed by atoms with Crippen LogP contribution in [0.15, 0.2) is 77.6 Å². The monoisotopic (exact) mass is 491 g/mol. The molecule has 4 aromatic rings. The van der Waals surface area contributed by atoms with Gasteiger partial charge in [0.25, 0.3) is 11.5 Å². The van der Waals surface area contributed by atoms with Crippen LogP contribution in [0.1, 0.15) is 12.2 Å². The van der Waals surface area contributed by atoms with Crippen LogP contribution in [0.25, 0.3) is 10.9 Å². The largest absolute Gasteiger partial charge is 0.456 e. The molecule has 0 aliphatic carbocycles. The first-order chi connectivity index (χ1) is 16.9. The van der Waals surface area contributed by atoms with Crippen molar-refractivity contribution in [2.45, 2.75) is 12.8 Å². The first-order valence-electron chi connectivity index (χ1n) is 10.8. The number of para-hydroxylation sites is 2. The Morgan fingerprint density at radius 1 is 1.00 bits per heavy atom. The van der Waals surface area contributed by atoms with Crippen molar-refractivity contribution in [2.24, 2.45) is 7.05 Å². The van der Waals surface area contributed by atoms with E-state index in [-0.39, 0.29) is 18.4 Å². The summed E-state index contributed by atoms with van der Waals surface area (Å²) in [5.74, 6) is 0.505. The molecule has 3 aromatic carbocycles. The lowest BCUT2D eigenvalue weighted by Gasteiger charge is -2.10. The molecular formula is C26H22ClN3O5. The summed E-state index contributed by atoms with van der Waals surface area (Å²) in [4.78, 5) is 41.2. The van der Waals surface area contributed by atoms with Crippen LogP contribution in [0.2, 0.25) is 5.02 Å². The molecule has 9 heteroatoms. The molecule has 0 spiro atoms. The highest BCUT2D eigenvalue weighted by Crippen LogP contribution is 2.29. The van der Waals surface area contributed by atoms with Gasteiger partial charge in [-0.25, -0.2) is 4.98 Å². The number of hydrogen-bond donors (Lipinski definition) is 1. The number of fused-ring (bicyclic) bond motifs is 1. The van der Waals surface area contributed by atoms with Gasteiger partial charge in [0.05, 0.1) is 22.3 Å². The molecule has 1 aromatic heterocycles. The van der Waals surface area contributed by atoms with Gasteiger partial charge in [0.15, 0.2) is 6.61 Å². The molecular weight excluding hydrogens is 470 g/mol. The highest BCUT2D eigenvalue weighted by Gasteiger charge is 2.12. The van der Waals surface area contributed by atoms with Crippen molar-refractivity contribution in [3.05, 3.63) is 94.0 Å². The topological polar surface area (TPSA) is 99.5 Å². The van der Waals surface area contributed by atoms with Crippen molar-refractivity contribution in [3.8, 4) is 11.5 Å². The van der Waals surface area contributed by atoms with E-state index in [1.807, 2.05) is 12.1 Å². The molecule has 178 valence electrons. The fraction of sp³-hybridized carbons (Fsp3) is 0.154. The van der Waals surface area contributed by atoms with E-state index in [2.05, 4.69) is 10.3 Å². The Kier molecular flexibility index (Phi) is 7.42. The number of carbonyl (C=O) groups is 2. The normalized spacial score (nSPS) is 10.7. The number of amides is 1. The number of aromatic nitrogens is 2. The van der Waals surface area contributed by atoms with Gasteiger partial charge < -0.3 is 14.8 Å². The summed E-state index contributed by atoms with van der Waals surface area (Å²) >= 11 is 6.09. The van der Waals surface area contributed by atoms with Gasteiger partial charge in [-0.2, -0.15) is 0 Å². The molecule has 0 saturated heterocycles. The molecule has 1 N–H and O–H groups in total. The summed E-state index contributed by atoms with van der Waals surface area (Å²) in [5.41, 5.74) is 0.913. The summed E-state index contributed by atoms with van der Waals surface area (Å²) in [6.07, 6.45) is 0.198. The van der Waals surface area contributed by atoms with E-state index in [1.165, 1.54) is 4.57 Å². The Bertz CT molecular complexity index is 1430. The van der Waals surface area contributed by atoms with E-state index in [0.717, 1.165) is 0 Å². The molecule has 8 nitrogen and oxygen atoms in total. The minimum Gasteiger partial charge on any atom is -0.456 e. The maximum absolute atomic E-state index is 12.4. The number of benzene rings is 3. The highest BCUT2D eigenvalue weighted by molar-refractivity contribution is 6.32. The average molecular weight is 492 g/mol. The fourth-order valence-corrected chi connectivity index (χ4v) is 3.55. The second-order valence-corrected chi connectivity index (χ2v) is 8.08. The molecule has 0 bridgehead atoms. The molecule has 0 unspecified atom stereocenters.